The molecule has 29 heavy (non-hydrogen) atoms. The minimum atomic E-state index is -0.556. The molecule has 2 N–H and O–H groups in total. The summed E-state index contributed by atoms with van der Waals surface area (Å²) in [6.07, 6.45) is 0.227. The van der Waals surface area contributed by atoms with Gasteiger partial charge in [-0.2, -0.15) is 0 Å². The first-order chi connectivity index (χ1) is 13.7. The monoisotopic (exact) mass is 417 g/mol. The number of carbonyl (C=O) groups excluding carboxylic acids is 2. The number of amides is 2. The Kier molecular flexibility index (Phi) is 5.06. The van der Waals surface area contributed by atoms with E-state index >= 15 is 0 Å². The van der Waals surface area contributed by atoms with E-state index in [0.717, 1.165) is 21.4 Å². The summed E-state index contributed by atoms with van der Waals surface area (Å²) in [4.78, 5) is 27.5. The number of ether oxygens (including phenoxy) is 1. The molecule has 154 valence electrons. The average molecular weight is 418 g/mol. The second-order valence-electron chi connectivity index (χ2n) is 8.37. The minimum absolute atomic E-state index is 0.0933. The Morgan fingerprint density at radius 1 is 1.28 bits per heavy atom. The molecule has 1 saturated heterocycles. The molecule has 2 atom stereocenters. The molecule has 0 aromatic heterocycles. The third kappa shape index (κ3) is 4.27. The zero-order valence-electron chi connectivity index (χ0n) is 16.6. The number of anilines is 1. The molecule has 2 aliphatic heterocycles. The second-order valence-corrected chi connectivity index (χ2v) is 9.49. The lowest BCUT2D eigenvalue weighted by Crippen LogP contribution is -2.41. The van der Waals surface area contributed by atoms with E-state index in [4.69, 9.17) is 4.74 Å². The number of hydrogen-bond donors (Lipinski definition) is 2. The first-order valence-electron chi connectivity index (χ1n) is 9.63. The van der Waals surface area contributed by atoms with E-state index in [1.54, 1.807) is 11.0 Å². The van der Waals surface area contributed by atoms with Crippen LogP contribution < -0.4 is 10.6 Å². The van der Waals surface area contributed by atoms with Crippen molar-refractivity contribution < 1.29 is 18.7 Å². The van der Waals surface area contributed by atoms with Gasteiger partial charge in [-0.1, -0.05) is 23.9 Å². The fourth-order valence-corrected chi connectivity index (χ4v) is 4.74. The lowest BCUT2D eigenvalue weighted by molar-refractivity contribution is -0.124. The van der Waals surface area contributed by atoms with Crippen LogP contribution in [0.3, 0.4) is 0 Å². The van der Waals surface area contributed by atoms with Gasteiger partial charge in [0, 0.05) is 18.0 Å². The molecule has 0 spiro atoms. The van der Waals surface area contributed by atoms with E-state index < -0.39 is 5.60 Å². The highest BCUT2D eigenvalue weighted by Crippen LogP contribution is 2.42. The Labute approximate surface area is 173 Å². The van der Waals surface area contributed by atoms with Gasteiger partial charge in [-0.05, 0) is 56.2 Å². The molecule has 8 heteroatoms. The Morgan fingerprint density at radius 2 is 2.07 bits per heavy atom. The number of carbonyl (C=O) groups is 2. The maximum Gasteiger partial charge on any atom is 0.410 e. The van der Waals surface area contributed by atoms with Crippen molar-refractivity contribution in [3.05, 3.63) is 36.1 Å². The van der Waals surface area contributed by atoms with Crippen molar-refractivity contribution in [3.8, 4) is 0 Å². The van der Waals surface area contributed by atoms with Crippen LogP contribution in [-0.2, 0) is 9.53 Å². The van der Waals surface area contributed by atoms with Gasteiger partial charge in [0.1, 0.15) is 11.4 Å². The van der Waals surface area contributed by atoms with E-state index in [-0.39, 0.29) is 29.2 Å². The van der Waals surface area contributed by atoms with Crippen LogP contribution >= 0.6 is 11.8 Å². The third-order valence-corrected chi connectivity index (χ3v) is 6.09. The Hall–Kier alpha value is -2.48. The number of rotatable bonds is 2. The van der Waals surface area contributed by atoms with Crippen molar-refractivity contribution in [3.63, 3.8) is 0 Å². The van der Waals surface area contributed by atoms with Crippen LogP contribution in [0.15, 0.2) is 35.2 Å². The molecular formula is C21H24FN3O3S. The smallest absolute Gasteiger partial charge is 0.410 e. The summed E-state index contributed by atoms with van der Waals surface area (Å²) in [5.41, 5.74) is 0.0594. The van der Waals surface area contributed by atoms with Crippen LogP contribution in [-0.4, -0.2) is 41.1 Å². The SMILES string of the molecule is CC(C)(C)OC(=O)N1CC[C@@H](C(=O)NC2Nc3ccc4cc(F)ccc4c3S2)C1. The number of likely N-dealkylation sites (tertiary alicyclic amines) is 1. The van der Waals surface area contributed by atoms with Crippen LogP contribution in [0, 0.1) is 11.7 Å². The van der Waals surface area contributed by atoms with E-state index in [2.05, 4.69) is 10.6 Å². The van der Waals surface area contributed by atoms with Gasteiger partial charge in [0.15, 0.2) is 5.50 Å². The molecular weight excluding hydrogens is 393 g/mol. The van der Waals surface area contributed by atoms with E-state index in [9.17, 15) is 14.0 Å². The highest BCUT2D eigenvalue weighted by atomic mass is 32.2. The van der Waals surface area contributed by atoms with Crippen molar-refractivity contribution >= 4 is 40.2 Å². The molecule has 2 aromatic carbocycles. The van der Waals surface area contributed by atoms with E-state index in [0.29, 0.717) is 19.5 Å². The summed E-state index contributed by atoms with van der Waals surface area (Å²) in [6.45, 7) is 6.33. The summed E-state index contributed by atoms with van der Waals surface area (Å²) >= 11 is 1.50. The quantitative estimate of drug-likeness (QED) is 0.768. The van der Waals surface area contributed by atoms with Crippen molar-refractivity contribution in [2.75, 3.05) is 18.4 Å². The lowest BCUT2D eigenvalue weighted by atomic mass is 10.1. The van der Waals surface area contributed by atoms with Gasteiger partial charge >= 0.3 is 6.09 Å². The van der Waals surface area contributed by atoms with Crippen LogP contribution in [0.1, 0.15) is 27.2 Å². The Balaban J connectivity index is 1.37. The largest absolute Gasteiger partial charge is 0.444 e. The number of nitrogens with one attached hydrogen (secondary N) is 2. The van der Waals surface area contributed by atoms with Gasteiger partial charge in [-0.15, -0.1) is 0 Å². The molecule has 2 aromatic rings. The highest BCUT2D eigenvalue weighted by Gasteiger charge is 2.35. The fraction of sp³-hybridized carbons (Fsp3) is 0.429. The fourth-order valence-electron chi connectivity index (χ4n) is 3.58. The average Bonchev–Trinajstić information content (AvgIpc) is 3.26. The molecule has 1 fully saturated rings. The van der Waals surface area contributed by atoms with Crippen LogP contribution in [0.4, 0.5) is 14.9 Å². The molecule has 0 radical (unpaired) electrons. The van der Waals surface area contributed by atoms with Crippen LogP contribution in [0.25, 0.3) is 10.8 Å². The maximum atomic E-state index is 13.5. The van der Waals surface area contributed by atoms with Gasteiger partial charge in [0.05, 0.1) is 11.6 Å². The highest BCUT2D eigenvalue weighted by molar-refractivity contribution is 8.00. The van der Waals surface area contributed by atoms with Gasteiger partial charge < -0.3 is 20.3 Å². The summed E-state index contributed by atoms with van der Waals surface area (Å²) in [6, 6.07) is 8.48. The van der Waals surface area contributed by atoms with Gasteiger partial charge in [-0.3, -0.25) is 4.79 Å². The molecule has 2 heterocycles. The summed E-state index contributed by atoms with van der Waals surface area (Å²) in [5.74, 6) is -0.627. The molecule has 0 bridgehead atoms. The van der Waals surface area contributed by atoms with Crippen LogP contribution in [0.5, 0.6) is 0 Å². The minimum Gasteiger partial charge on any atom is -0.444 e. The summed E-state index contributed by atoms with van der Waals surface area (Å²) in [7, 11) is 0. The zero-order chi connectivity index (χ0) is 20.8. The summed E-state index contributed by atoms with van der Waals surface area (Å²) in [5, 5.41) is 8.09. The molecule has 1 unspecified atom stereocenters. The van der Waals surface area contributed by atoms with Gasteiger partial charge in [-0.25, -0.2) is 9.18 Å². The second kappa shape index (κ2) is 7.40. The number of benzene rings is 2. The molecule has 0 saturated carbocycles. The van der Waals surface area contributed by atoms with E-state index in [1.165, 1.54) is 23.9 Å². The number of halogens is 1. The van der Waals surface area contributed by atoms with Gasteiger partial charge in [0.25, 0.3) is 0 Å². The first-order valence-corrected chi connectivity index (χ1v) is 10.5. The predicted octanol–water partition coefficient (Wildman–Crippen LogP) is 4.15. The topological polar surface area (TPSA) is 70.7 Å². The van der Waals surface area contributed by atoms with Crippen molar-refractivity contribution in [2.24, 2.45) is 5.92 Å². The predicted molar refractivity (Wildman–Crippen MR) is 111 cm³/mol. The molecule has 6 nitrogen and oxygen atoms in total. The molecule has 2 aliphatic rings. The normalized spacial score (nSPS) is 21.0. The molecule has 2 amide bonds. The molecule has 4 rings (SSSR count). The standard InChI is InChI=1S/C21H24FN3O3S/c1-21(2,3)28-20(27)25-9-8-13(11-25)18(26)24-19-23-16-7-4-12-10-14(22)5-6-15(12)17(16)29-19/h4-7,10,13,19,23H,8-9,11H2,1-3H3,(H,24,26)/t13-,19?/m1/s1. The van der Waals surface area contributed by atoms with Crippen LogP contribution in [0.2, 0.25) is 0 Å². The summed E-state index contributed by atoms with van der Waals surface area (Å²) < 4.78 is 18.9. The van der Waals surface area contributed by atoms with Crippen molar-refractivity contribution in [1.82, 2.24) is 10.2 Å². The maximum absolute atomic E-state index is 13.5. The molecule has 0 aliphatic carbocycles. The van der Waals surface area contributed by atoms with Gasteiger partial charge in [0.2, 0.25) is 5.91 Å². The van der Waals surface area contributed by atoms with Crippen molar-refractivity contribution in [1.29, 1.82) is 0 Å². The number of nitrogens with zero attached hydrogens (tertiary/aromatic N) is 1. The van der Waals surface area contributed by atoms with Crippen molar-refractivity contribution in [2.45, 2.75) is 43.2 Å². The number of thioether (sulfide) groups is 1. The number of fused-ring (bicyclic) bond motifs is 3. The first kappa shape index (κ1) is 19.8. The Bertz CT molecular complexity index is 976. The zero-order valence-corrected chi connectivity index (χ0v) is 17.4. The number of hydrogen-bond acceptors (Lipinski definition) is 5. The van der Waals surface area contributed by atoms with E-state index in [1.807, 2.05) is 32.9 Å². The third-order valence-electron chi connectivity index (χ3n) is 4.94. The lowest BCUT2D eigenvalue weighted by Gasteiger charge is -2.24. The Morgan fingerprint density at radius 3 is 2.83 bits per heavy atom.